The average Bonchev–Trinajstić information content (AvgIpc) is 2.38. The van der Waals surface area contributed by atoms with Gasteiger partial charge in [0.2, 0.25) is 0 Å². The Hall–Kier alpha value is -0.120. The fourth-order valence-corrected chi connectivity index (χ4v) is 3.03. The molecule has 0 bridgehead atoms. The molecule has 1 aliphatic rings. The molecule has 0 aromatic rings. The molecule has 0 aromatic carbocycles. The van der Waals surface area contributed by atoms with Gasteiger partial charge in [-0.25, -0.2) is 0 Å². The summed E-state index contributed by atoms with van der Waals surface area (Å²) in [6.45, 7) is 15.6. The molecule has 0 amide bonds. The van der Waals surface area contributed by atoms with Crippen LogP contribution in [0.25, 0.3) is 0 Å². The molecule has 114 valence electrons. The molecular weight excluding hydrogens is 236 g/mol. The highest BCUT2D eigenvalue weighted by Gasteiger charge is 2.34. The molecule has 1 unspecified atom stereocenters. The van der Waals surface area contributed by atoms with Crippen LogP contribution in [0.15, 0.2) is 0 Å². The van der Waals surface area contributed by atoms with Crippen LogP contribution in [-0.4, -0.2) is 50.3 Å². The normalized spacial score (nSPS) is 24.3. The van der Waals surface area contributed by atoms with Gasteiger partial charge >= 0.3 is 0 Å². The monoisotopic (exact) mass is 270 g/mol. The van der Waals surface area contributed by atoms with Gasteiger partial charge < -0.3 is 15.0 Å². The topological polar surface area (TPSA) is 24.5 Å². The summed E-state index contributed by atoms with van der Waals surface area (Å²) in [5.41, 5.74) is 0.326. The fraction of sp³-hybridized carbons (Fsp3) is 1.00. The first-order valence-corrected chi connectivity index (χ1v) is 8.15. The van der Waals surface area contributed by atoms with E-state index in [-0.39, 0.29) is 0 Å². The second kappa shape index (κ2) is 8.93. The largest absolute Gasteiger partial charge is 0.381 e. The van der Waals surface area contributed by atoms with Crippen molar-refractivity contribution in [1.82, 2.24) is 10.2 Å². The standard InChI is InChI=1S/C16H34N2O/c1-5-9-18(10-6-2)13-16(12-17-15(3)4)8-7-11-19-14-16/h15,17H,5-14H2,1-4H3. The zero-order chi connectivity index (χ0) is 14.1. The van der Waals surface area contributed by atoms with E-state index in [0.717, 1.165) is 19.8 Å². The van der Waals surface area contributed by atoms with Gasteiger partial charge in [0.15, 0.2) is 0 Å². The smallest absolute Gasteiger partial charge is 0.0546 e. The third-order valence-electron chi connectivity index (χ3n) is 3.93. The van der Waals surface area contributed by atoms with Gasteiger partial charge in [-0.3, -0.25) is 0 Å². The van der Waals surface area contributed by atoms with Crippen molar-refractivity contribution < 1.29 is 4.74 Å². The maximum absolute atomic E-state index is 5.81. The van der Waals surface area contributed by atoms with E-state index in [1.54, 1.807) is 0 Å². The van der Waals surface area contributed by atoms with Crippen molar-refractivity contribution in [3.63, 3.8) is 0 Å². The van der Waals surface area contributed by atoms with Gasteiger partial charge in [-0.05, 0) is 38.8 Å². The first kappa shape index (κ1) is 16.9. The molecule has 3 heteroatoms. The van der Waals surface area contributed by atoms with Gasteiger partial charge in [0.05, 0.1) is 6.61 Å². The highest BCUT2D eigenvalue weighted by atomic mass is 16.5. The van der Waals surface area contributed by atoms with E-state index >= 15 is 0 Å². The lowest BCUT2D eigenvalue weighted by Crippen LogP contribution is -2.50. The Bertz CT molecular complexity index is 219. The van der Waals surface area contributed by atoms with Gasteiger partial charge in [0, 0.05) is 31.2 Å². The second-order valence-corrected chi connectivity index (χ2v) is 6.47. The van der Waals surface area contributed by atoms with Gasteiger partial charge in [0.25, 0.3) is 0 Å². The third-order valence-corrected chi connectivity index (χ3v) is 3.93. The van der Waals surface area contributed by atoms with Crippen molar-refractivity contribution in [2.75, 3.05) is 39.4 Å². The molecule has 0 aliphatic carbocycles. The van der Waals surface area contributed by atoms with E-state index in [4.69, 9.17) is 4.74 Å². The maximum Gasteiger partial charge on any atom is 0.0546 e. The van der Waals surface area contributed by atoms with E-state index in [9.17, 15) is 0 Å². The van der Waals surface area contributed by atoms with Crippen LogP contribution in [0.1, 0.15) is 53.4 Å². The SMILES string of the molecule is CCCN(CCC)CC1(CNC(C)C)CCCOC1. The van der Waals surface area contributed by atoms with Crippen molar-refractivity contribution in [2.45, 2.75) is 59.4 Å². The molecule has 3 nitrogen and oxygen atoms in total. The van der Waals surface area contributed by atoms with E-state index < -0.39 is 0 Å². The van der Waals surface area contributed by atoms with Gasteiger partial charge in [0.1, 0.15) is 0 Å². The lowest BCUT2D eigenvalue weighted by Gasteiger charge is -2.41. The Morgan fingerprint density at radius 2 is 1.89 bits per heavy atom. The number of nitrogens with zero attached hydrogens (tertiary/aromatic N) is 1. The molecule has 1 heterocycles. The van der Waals surface area contributed by atoms with Crippen molar-refractivity contribution >= 4 is 0 Å². The van der Waals surface area contributed by atoms with Crippen LogP contribution in [0.2, 0.25) is 0 Å². The summed E-state index contributed by atoms with van der Waals surface area (Å²) in [6, 6.07) is 0.560. The number of hydrogen-bond acceptors (Lipinski definition) is 3. The Morgan fingerprint density at radius 3 is 2.37 bits per heavy atom. The summed E-state index contributed by atoms with van der Waals surface area (Å²) in [4.78, 5) is 2.64. The lowest BCUT2D eigenvalue weighted by molar-refractivity contribution is -0.0270. The molecule has 0 radical (unpaired) electrons. The summed E-state index contributed by atoms with van der Waals surface area (Å²) in [6.07, 6.45) is 5.01. The van der Waals surface area contributed by atoms with Gasteiger partial charge in [-0.2, -0.15) is 0 Å². The summed E-state index contributed by atoms with van der Waals surface area (Å²) in [7, 11) is 0. The first-order chi connectivity index (χ1) is 9.12. The fourth-order valence-electron chi connectivity index (χ4n) is 3.03. The predicted molar refractivity (Wildman–Crippen MR) is 82.6 cm³/mol. The quantitative estimate of drug-likeness (QED) is 0.697. The molecule has 1 N–H and O–H groups in total. The first-order valence-electron chi connectivity index (χ1n) is 8.15. The molecule has 0 spiro atoms. The van der Waals surface area contributed by atoms with Crippen LogP contribution in [0.5, 0.6) is 0 Å². The third kappa shape index (κ3) is 6.24. The Kier molecular flexibility index (Phi) is 7.96. The second-order valence-electron chi connectivity index (χ2n) is 6.47. The molecule has 0 saturated carbocycles. The Morgan fingerprint density at radius 1 is 1.21 bits per heavy atom. The van der Waals surface area contributed by atoms with Crippen LogP contribution in [-0.2, 0) is 4.74 Å². The number of ether oxygens (including phenoxy) is 1. The van der Waals surface area contributed by atoms with Crippen molar-refractivity contribution in [3.8, 4) is 0 Å². The van der Waals surface area contributed by atoms with E-state index in [2.05, 4.69) is 37.9 Å². The highest BCUT2D eigenvalue weighted by Crippen LogP contribution is 2.29. The molecular formula is C16H34N2O. The molecule has 1 fully saturated rings. The minimum atomic E-state index is 0.326. The number of hydrogen-bond donors (Lipinski definition) is 1. The highest BCUT2D eigenvalue weighted by molar-refractivity contribution is 4.87. The summed E-state index contributed by atoms with van der Waals surface area (Å²) >= 11 is 0. The summed E-state index contributed by atoms with van der Waals surface area (Å²) < 4.78 is 5.81. The molecule has 1 aliphatic heterocycles. The Balaban J connectivity index is 2.60. The zero-order valence-electron chi connectivity index (χ0n) is 13.5. The van der Waals surface area contributed by atoms with Crippen molar-refractivity contribution in [2.24, 2.45) is 5.41 Å². The van der Waals surface area contributed by atoms with Crippen LogP contribution < -0.4 is 5.32 Å². The van der Waals surface area contributed by atoms with E-state index in [1.807, 2.05) is 0 Å². The summed E-state index contributed by atoms with van der Waals surface area (Å²) in [5, 5.41) is 3.64. The van der Waals surface area contributed by atoms with Crippen molar-refractivity contribution in [3.05, 3.63) is 0 Å². The number of rotatable bonds is 9. The predicted octanol–water partition coefficient (Wildman–Crippen LogP) is 2.90. The molecule has 0 aromatic heterocycles. The molecule has 1 rings (SSSR count). The molecule has 19 heavy (non-hydrogen) atoms. The summed E-state index contributed by atoms with van der Waals surface area (Å²) in [5.74, 6) is 0. The minimum absolute atomic E-state index is 0.326. The van der Waals surface area contributed by atoms with Crippen LogP contribution in [0, 0.1) is 5.41 Å². The van der Waals surface area contributed by atoms with Gasteiger partial charge in [-0.1, -0.05) is 27.7 Å². The van der Waals surface area contributed by atoms with Crippen LogP contribution >= 0.6 is 0 Å². The Labute approximate surface area is 120 Å². The maximum atomic E-state index is 5.81. The van der Waals surface area contributed by atoms with E-state index in [0.29, 0.717) is 11.5 Å². The zero-order valence-corrected chi connectivity index (χ0v) is 13.5. The van der Waals surface area contributed by atoms with Crippen molar-refractivity contribution in [1.29, 1.82) is 0 Å². The van der Waals surface area contributed by atoms with Crippen LogP contribution in [0.3, 0.4) is 0 Å². The van der Waals surface area contributed by atoms with Gasteiger partial charge in [-0.15, -0.1) is 0 Å². The van der Waals surface area contributed by atoms with E-state index in [1.165, 1.54) is 45.3 Å². The molecule has 1 saturated heterocycles. The van der Waals surface area contributed by atoms with Crippen LogP contribution in [0.4, 0.5) is 0 Å². The number of nitrogens with one attached hydrogen (secondary N) is 1. The molecule has 1 atom stereocenters. The lowest BCUT2D eigenvalue weighted by atomic mass is 9.81. The average molecular weight is 270 g/mol. The minimum Gasteiger partial charge on any atom is -0.381 e.